The molecule has 0 N–H and O–H groups in total. The number of nitrogens with zero attached hydrogens (tertiary/aromatic N) is 4. The molecular formula is C36H44N4O2. The monoisotopic (exact) mass is 564 g/mol. The predicted molar refractivity (Wildman–Crippen MR) is 174 cm³/mol. The van der Waals surface area contributed by atoms with Gasteiger partial charge in [0.1, 0.15) is 17.0 Å². The van der Waals surface area contributed by atoms with E-state index in [4.69, 9.17) is 4.74 Å². The number of anilines is 2. The molecule has 0 saturated carbocycles. The molecule has 0 fully saturated rings. The van der Waals surface area contributed by atoms with E-state index in [1.54, 1.807) is 0 Å². The predicted octanol–water partition coefficient (Wildman–Crippen LogP) is 6.91. The summed E-state index contributed by atoms with van der Waals surface area (Å²) in [6, 6.07) is 21.1. The van der Waals surface area contributed by atoms with Crippen LogP contribution in [0.2, 0.25) is 0 Å². The maximum atomic E-state index is 14.4. The zero-order valence-corrected chi connectivity index (χ0v) is 25.6. The van der Waals surface area contributed by atoms with Crippen LogP contribution in [-0.2, 0) is 5.54 Å². The van der Waals surface area contributed by atoms with Crippen LogP contribution < -0.4 is 14.5 Å². The number of carbonyl (C=O) groups excluding carboxylic acids is 1. The van der Waals surface area contributed by atoms with Gasteiger partial charge in [0.05, 0.1) is 0 Å². The Labute approximate surface area is 251 Å². The molecule has 6 nitrogen and oxygen atoms in total. The summed E-state index contributed by atoms with van der Waals surface area (Å²) in [5, 5.41) is 0. The highest BCUT2D eigenvalue weighted by atomic mass is 16.5. The van der Waals surface area contributed by atoms with Crippen molar-refractivity contribution in [3.63, 3.8) is 0 Å². The molecule has 2 aliphatic rings. The van der Waals surface area contributed by atoms with E-state index in [1.165, 1.54) is 0 Å². The smallest absolute Gasteiger partial charge is 0.255 e. The summed E-state index contributed by atoms with van der Waals surface area (Å²) in [6.45, 7) is 22.9. The van der Waals surface area contributed by atoms with E-state index in [0.717, 1.165) is 84.4 Å². The van der Waals surface area contributed by atoms with Crippen LogP contribution in [0.5, 0.6) is 11.5 Å². The number of rotatable bonds is 13. The van der Waals surface area contributed by atoms with Gasteiger partial charge in [-0.2, -0.15) is 0 Å². The van der Waals surface area contributed by atoms with Crippen LogP contribution in [0.1, 0.15) is 54.7 Å². The molecule has 42 heavy (non-hydrogen) atoms. The molecule has 0 saturated heterocycles. The van der Waals surface area contributed by atoms with Gasteiger partial charge in [-0.15, -0.1) is 13.2 Å². The first-order valence-corrected chi connectivity index (χ1v) is 15.3. The summed E-state index contributed by atoms with van der Waals surface area (Å²) in [4.78, 5) is 23.4. The lowest BCUT2D eigenvalue weighted by Gasteiger charge is -2.45. The van der Waals surface area contributed by atoms with E-state index in [1.807, 2.05) is 30.4 Å². The van der Waals surface area contributed by atoms with Gasteiger partial charge in [-0.1, -0.05) is 42.5 Å². The van der Waals surface area contributed by atoms with Crippen LogP contribution in [0.25, 0.3) is 0 Å². The number of carbonyl (C=O) groups is 1. The Morgan fingerprint density at radius 3 is 1.79 bits per heavy atom. The third kappa shape index (κ3) is 4.78. The average Bonchev–Trinajstić information content (AvgIpc) is 3.25. The Morgan fingerprint density at radius 2 is 1.29 bits per heavy atom. The topological polar surface area (TPSA) is 39.3 Å². The Kier molecular flexibility index (Phi) is 8.74. The van der Waals surface area contributed by atoms with E-state index in [9.17, 15) is 4.79 Å². The van der Waals surface area contributed by atoms with Crippen LogP contribution in [0.3, 0.4) is 0 Å². The second kappa shape index (κ2) is 12.5. The number of hydrogen-bond donors (Lipinski definition) is 0. The van der Waals surface area contributed by atoms with Crippen LogP contribution in [0.4, 0.5) is 11.4 Å². The first kappa shape index (κ1) is 29.5. The van der Waals surface area contributed by atoms with Crippen LogP contribution in [0, 0.1) is 0 Å². The van der Waals surface area contributed by atoms with Gasteiger partial charge in [-0.3, -0.25) is 9.69 Å². The first-order chi connectivity index (χ1) is 20.5. The van der Waals surface area contributed by atoms with Gasteiger partial charge in [0, 0.05) is 92.6 Å². The van der Waals surface area contributed by atoms with Gasteiger partial charge in [-0.25, -0.2) is 0 Å². The normalized spacial score (nSPS) is 14.3. The molecule has 2 heterocycles. The van der Waals surface area contributed by atoms with E-state index >= 15 is 0 Å². The molecule has 220 valence electrons. The highest BCUT2D eigenvalue weighted by molar-refractivity contribution is 6.02. The summed E-state index contributed by atoms with van der Waals surface area (Å²) in [5.41, 5.74) is 5.17. The minimum absolute atomic E-state index is 0.0437. The summed E-state index contributed by atoms with van der Waals surface area (Å²) >= 11 is 0. The number of fused-ring (bicyclic) bond motifs is 6. The lowest BCUT2D eigenvalue weighted by Crippen LogP contribution is -2.50. The maximum Gasteiger partial charge on any atom is 0.255 e. The van der Waals surface area contributed by atoms with Crippen molar-refractivity contribution in [1.82, 2.24) is 9.80 Å². The molecule has 1 amide bonds. The van der Waals surface area contributed by atoms with Gasteiger partial charge >= 0.3 is 0 Å². The van der Waals surface area contributed by atoms with Gasteiger partial charge in [-0.05, 0) is 51.5 Å². The second-order valence-corrected chi connectivity index (χ2v) is 10.9. The molecule has 0 radical (unpaired) electrons. The maximum absolute atomic E-state index is 14.4. The highest BCUT2D eigenvalue weighted by Gasteiger charge is 2.56. The number of ether oxygens (including phenoxy) is 1. The molecule has 0 bridgehead atoms. The van der Waals surface area contributed by atoms with Gasteiger partial charge in [0.15, 0.2) is 0 Å². The van der Waals surface area contributed by atoms with Crippen LogP contribution in [0.15, 0.2) is 86.0 Å². The standard InChI is InChI=1S/C36H44N4O2/c1-7-21-37(22-8-2)23-24-40-35(41)29-15-13-14-16-30(29)36(40)31-19-17-27(38(9-3)10-4)25-33(31)42-34-26-28(18-20-32(34)36)39(11-5)12-6/h7-8,13-20,25-26H,1-2,9-12,21-24H2,3-6H3. The van der Waals surface area contributed by atoms with E-state index < -0.39 is 5.54 Å². The third-order valence-electron chi connectivity index (χ3n) is 8.80. The molecule has 0 atom stereocenters. The van der Waals surface area contributed by atoms with Crippen molar-refractivity contribution in [2.24, 2.45) is 0 Å². The molecular weight excluding hydrogens is 520 g/mol. The number of hydrogen-bond acceptors (Lipinski definition) is 5. The number of amides is 1. The van der Waals surface area contributed by atoms with Crippen molar-refractivity contribution >= 4 is 17.3 Å². The molecule has 0 unspecified atom stereocenters. The number of benzene rings is 3. The molecule has 3 aromatic carbocycles. The molecule has 0 aromatic heterocycles. The van der Waals surface area contributed by atoms with E-state index in [-0.39, 0.29) is 5.91 Å². The van der Waals surface area contributed by atoms with E-state index in [0.29, 0.717) is 13.1 Å². The minimum atomic E-state index is -0.811. The molecule has 6 heteroatoms. The largest absolute Gasteiger partial charge is 0.456 e. The van der Waals surface area contributed by atoms with Crippen molar-refractivity contribution < 1.29 is 9.53 Å². The first-order valence-electron chi connectivity index (χ1n) is 15.3. The zero-order valence-electron chi connectivity index (χ0n) is 25.6. The van der Waals surface area contributed by atoms with Gasteiger partial charge < -0.3 is 19.4 Å². The molecule has 0 aliphatic carbocycles. The van der Waals surface area contributed by atoms with Gasteiger partial charge in [0.2, 0.25) is 0 Å². The average molecular weight is 565 g/mol. The molecule has 3 aromatic rings. The fourth-order valence-electron chi connectivity index (χ4n) is 6.77. The van der Waals surface area contributed by atoms with Crippen LogP contribution in [-0.4, -0.2) is 68.1 Å². The Bertz CT molecular complexity index is 1390. The Balaban J connectivity index is 1.76. The fraction of sp³-hybridized carbons (Fsp3) is 0.361. The summed E-state index contributed by atoms with van der Waals surface area (Å²) in [7, 11) is 0. The van der Waals surface area contributed by atoms with Crippen molar-refractivity contribution in [3.8, 4) is 11.5 Å². The van der Waals surface area contributed by atoms with Gasteiger partial charge in [0.25, 0.3) is 5.91 Å². The lowest BCUT2D eigenvalue weighted by atomic mass is 9.74. The molecule has 1 spiro atoms. The summed E-state index contributed by atoms with van der Waals surface area (Å²) in [5.74, 6) is 1.64. The third-order valence-corrected chi connectivity index (χ3v) is 8.80. The SMILES string of the molecule is C=CCN(CC=C)CCN1C(=O)c2ccccc2C12c1ccc(N(CC)CC)cc1Oc1cc(N(CC)CC)ccc12. The molecule has 5 rings (SSSR count). The quantitative estimate of drug-likeness (QED) is 0.211. The minimum Gasteiger partial charge on any atom is -0.456 e. The zero-order chi connectivity index (χ0) is 29.9. The second-order valence-electron chi connectivity index (χ2n) is 10.9. The Morgan fingerprint density at radius 1 is 0.762 bits per heavy atom. The van der Waals surface area contributed by atoms with Crippen molar-refractivity contribution in [2.75, 3.05) is 62.2 Å². The summed E-state index contributed by atoms with van der Waals surface area (Å²) < 4.78 is 6.80. The fourth-order valence-corrected chi connectivity index (χ4v) is 6.77. The Hall–Kier alpha value is -4.03. The van der Waals surface area contributed by atoms with Crippen molar-refractivity contribution in [3.05, 3.63) is 108 Å². The molecule has 2 aliphatic heterocycles. The lowest BCUT2D eigenvalue weighted by molar-refractivity contribution is 0.0642. The van der Waals surface area contributed by atoms with Crippen LogP contribution >= 0.6 is 0 Å². The van der Waals surface area contributed by atoms with E-state index in [2.05, 4.69) is 103 Å². The summed E-state index contributed by atoms with van der Waals surface area (Å²) in [6.07, 6.45) is 3.81. The van der Waals surface area contributed by atoms with Crippen molar-refractivity contribution in [1.29, 1.82) is 0 Å². The highest BCUT2D eigenvalue weighted by Crippen LogP contribution is 2.58. The van der Waals surface area contributed by atoms with Crippen molar-refractivity contribution in [2.45, 2.75) is 33.2 Å².